The summed E-state index contributed by atoms with van der Waals surface area (Å²) in [7, 11) is 0. The number of nitrogens with zero attached hydrogens (tertiary/aromatic N) is 5. The Labute approximate surface area is 162 Å². The zero-order valence-electron chi connectivity index (χ0n) is 14.7. The number of rotatable bonds is 9. The van der Waals surface area contributed by atoms with Crippen LogP contribution < -0.4 is 11.0 Å². The molecular weight excluding hydrogens is 399 g/mol. The third-order valence-corrected chi connectivity index (χ3v) is 4.78. The van der Waals surface area contributed by atoms with Crippen molar-refractivity contribution in [1.29, 1.82) is 0 Å². The number of carbonyl (C=O) groups is 1. The highest BCUT2D eigenvalue weighted by Gasteiger charge is 2.56. The molecule has 5 atom stereocenters. The van der Waals surface area contributed by atoms with E-state index in [2.05, 4.69) is 20.3 Å². The van der Waals surface area contributed by atoms with Crippen LogP contribution >= 0.6 is 11.8 Å². The Morgan fingerprint density at radius 2 is 2.39 bits per heavy atom. The molecule has 0 aliphatic carbocycles. The number of carboxylic acid groups (broad SMARTS) is 1. The normalized spacial score (nSPS) is 27.8. The minimum Gasteiger partial charge on any atom is -0.480 e. The average molecular weight is 418 g/mol. The van der Waals surface area contributed by atoms with Gasteiger partial charge in [0.05, 0.1) is 6.61 Å². The van der Waals surface area contributed by atoms with Crippen LogP contribution in [0.25, 0.3) is 10.4 Å². The van der Waals surface area contributed by atoms with Crippen LogP contribution in [0.15, 0.2) is 22.2 Å². The van der Waals surface area contributed by atoms with Crippen molar-refractivity contribution in [2.45, 2.75) is 36.7 Å². The van der Waals surface area contributed by atoms with E-state index in [9.17, 15) is 29.3 Å². The number of aromatic nitrogens is 2. The van der Waals surface area contributed by atoms with Crippen LogP contribution in [0.4, 0.5) is 10.2 Å². The van der Waals surface area contributed by atoms with Crippen molar-refractivity contribution >= 4 is 23.5 Å². The summed E-state index contributed by atoms with van der Waals surface area (Å²) in [5, 5.41) is 34.2. The highest BCUT2D eigenvalue weighted by atomic mass is 32.2. The highest BCUT2D eigenvalue weighted by molar-refractivity contribution is 7.98. The highest BCUT2D eigenvalue weighted by Crippen LogP contribution is 2.39. The Morgan fingerprint density at radius 1 is 1.68 bits per heavy atom. The van der Waals surface area contributed by atoms with Gasteiger partial charge in [-0.1, -0.05) is 5.11 Å². The molecule has 0 spiro atoms. The molecule has 0 saturated carbocycles. The minimum absolute atomic E-state index is 0.0350. The Bertz CT molecular complexity index is 820. The Balaban J connectivity index is 2.26. The molecule has 2 heterocycles. The fraction of sp³-hybridized carbons (Fsp3) is 0.643. The van der Waals surface area contributed by atoms with Gasteiger partial charge >= 0.3 is 11.7 Å². The van der Waals surface area contributed by atoms with Gasteiger partial charge in [-0.15, -0.1) is 0 Å². The number of ether oxygens (including phenoxy) is 1. The SMILES string of the molecule is CSCC[C@H](Nc1ccn(C2O[C@@](CO)(N=[N+]=[N-])C(O)[C@@H]2F)c(=O)n1)C(=O)O. The van der Waals surface area contributed by atoms with E-state index in [0.29, 0.717) is 10.3 Å². The molecule has 1 aromatic heterocycles. The number of aliphatic carboxylic acids is 1. The fourth-order valence-electron chi connectivity index (χ4n) is 2.64. The maximum absolute atomic E-state index is 14.5. The topological polar surface area (TPSA) is 183 Å². The zero-order chi connectivity index (χ0) is 20.9. The largest absolute Gasteiger partial charge is 0.480 e. The second-order valence-electron chi connectivity index (χ2n) is 5.91. The lowest BCUT2D eigenvalue weighted by molar-refractivity contribution is -0.137. The Hall–Kier alpha value is -2.38. The Kier molecular flexibility index (Phi) is 7.21. The van der Waals surface area contributed by atoms with Gasteiger partial charge in [0, 0.05) is 11.1 Å². The molecule has 28 heavy (non-hydrogen) atoms. The van der Waals surface area contributed by atoms with Gasteiger partial charge in [0.2, 0.25) is 5.72 Å². The van der Waals surface area contributed by atoms with Crippen molar-refractivity contribution in [3.8, 4) is 0 Å². The predicted molar refractivity (Wildman–Crippen MR) is 96.5 cm³/mol. The first kappa shape index (κ1) is 21.9. The summed E-state index contributed by atoms with van der Waals surface area (Å²) in [4.78, 5) is 29.6. The zero-order valence-corrected chi connectivity index (χ0v) is 15.5. The summed E-state index contributed by atoms with van der Waals surface area (Å²) in [5.41, 5.74) is 5.29. The smallest absolute Gasteiger partial charge is 0.351 e. The molecule has 4 N–H and O–H groups in total. The number of azide groups is 1. The molecule has 0 bridgehead atoms. The van der Waals surface area contributed by atoms with Crippen LogP contribution in [-0.4, -0.2) is 73.5 Å². The van der Waals surface area contributed by atoms with E-state index in [-0.39, 0.29) is 12.2 Å². The van der Waals surface area contributed by atoms with Crippen molar-refractivity contribution in [1.82, 2.24) is 9.55 Å². The lowest BCUT2D eigenvalue weighted by Gasteiger charge is -2.23. The number of halogens is 1. The summed E-state index contributed by atoms with van der Waals surface area (Å²) in [5.74, 6) is -0.582. The van der Waals surface area contributed by atoms with Crippen LogP contribution in [0.5, 0.6) is 0 Å². The predicted octanol–water partition coefficient (Wildman–Crippen LogP) is 0.0882. The summed E-state index contributed by atoms with van der Waals surface area (Å²) in [6, 6.07) is 0.270. The molecule has 1 aliphatic rings. The van der Waals surface area contributed by atoms with Crippen molar-refractivity contribution in [2.75, 3.05) is 23.9 Å². The first-order valence-electron chi connectivity index (χ1n) is 8.04. The van der Waals surface area contributed by atoms with Crippen molar-refractivity contribution in [3.05, 3.63) is 33.2 Å². The maximum atomic E-state index is 14.5. The van der Waals surface area contributed by atoms with E-state index in [0.717, 1.165) is 6.20 Å². The molecule has 0 amide bonds. The van der Waals surface area contributed by atoms with E-state index in [4.69, 9.17) is 10.3 Å². The van der Waals surface area contributed by atoms with Gasteiger partial charge in [-0.25, -0.2) is 14.0 Å². The number of alkyl halides is 1. The number of thioether (sulfide) groups is 1. The quantitative estimate of drug-likeness (QED) is 0.245. The van der Waals surface area contributed by atoms with E-state index in [1.165, 1.54) is 17.8 Å². The molecule has 12 nitrogen and oxygen atoms in total. The second kappa shape index (κ2) is 9.21. The summed E-state index contributed by atoms with van der Waals surface area (Å²) >= 11 is 1.46. The van der Waals surface area contributed by atoms with Crippen LogP contribution in [0.2, 0.25) is 0 Å². The molecule has 0 aromatic carbocycles. The number of hydrogen-bond acceptors (Lipinski definition) is 9. The van der Waals surface area contributed by atoms with Gasteiger partial charge in [0.25, 0.3) is 0 Å². The van der Waals surface area contributed by atoms with Gasteiger partial charge in [-0.3, -0.25) is 4.57 Å². The van der Waals surface area contributed by atoms with E-state index in [1.54, 1.807) is 0 Å². The number of aliphatic hydroxyl groups is 2. The molecule has 1 aromatic rings. The maximum Gasteiger partial charge on any atom is 0.351 e. The molecule has 2 unspecified atom stereocenters. The van der Waals surface area contributed by atoms with Crippen molar-refractivity contribution < 1.29 is 29.2 Å². The standard InChI is InChI=1S/C14H19FN6O6S/c1-28-5-3-7(12(24)25)17-8-2-4-21(13(26)18-8)11-9(15)10(23)14(6-22,27-11)19-20-16/h2,4,7,9-11,22-23H,3,5-6H2,1H3,(H,24,25)(H,17,18,26)/t7-,9-,10?,11?,14+/m0/s1. The second-order valence-corrected chi connectivity index (χ2v) is 6.89. The lowest BCUT2D eigenvalue weighted by Crippen LogP contribution is -2.43. The van der Waals surface area contributed by atoms with Gasteiger partial charge in [-0.2, -0.15) is 16.7 Å². The number of anilines is 1. The van der Waals surface area contributed by atoms with E-state index >= 15 is 0 Å². The number of hydrogen-bond donors (Lipinski definition) is 4. The minimum atomic E-state index is -2.28. The fourth-order valence-corrected chi connectivity index (χ4v) is 3.11. The van der Waals surface area contributed by atoms with Gasteiger partial charge in [0.15, 0.2) is 12.4 Å². The summed E-state index contributed by atoms with van der Waals surface area (Å²) in [6.45, 7) is -1.01. The van der Waals surface area contributed by atoms with Gasteiger partial charge in [0.1, 0.15) is 18.0 Å². The molecule has 2 rings (SSSR count). The summed E-state index contributed by atoms with van der Waals surface area (Å²) in [6.07, 6.45) is -2.69. The van der Waals surface area contributed by atoms with E-state index in [1.807, 2.05) is 6.26 Å². The van der Waals surface area contributed by atoms with Gasteiger partial charge in [-0.05, 0) is 30.0 Å². The van der Waals surface area contributed by atoms with E-state index < -0.39 is 48.5 Å². The molecule has 154 valence electrons. The van der Waals surface area contributed by atoms with Crippen LogP contribution in [0, 0.1) is 0 Å². The van der Waals surface area contributed by atoms with Crippen LogP contribution in [-0.2, 0) is 9.53 Å². The molecule has 1 fully saturated rings. The lowest BCUT2D eigenvalue weighted by atomic mass is 10.1. The molecule has 1 aliphatic heterocycles. The van der Waals surface area contributed by atoms with Crippen LogP contribution in [0.3, 0.4) is 0 Å². The third-order valence-electron chi connectivity index (χ3n) is 4.14. The third kappa shape index (κ3) is 4.36. The molecule has 1 saturated heterocycles. The molecule has 0 radical (unpaired) electrons. The number of carboxylic acids is 1. The number of aliphatic hydroxyl groups excluding tert-OH is 2. The number of nitrogens with one attached hydrogen (secondary N) is 1. The van der Waals surface area contributed by atoms with Crippen LogP contribution in [0.1, 0.15) is 12.6 Å². The first-order valence-corrected chi connectivity index (χ1v) is 9.43. The van der Waals surface area contributed by atoms with Crippen molar-refractivity contribution in [2.24, 2.45) is 5.11 Å². The average Bonchev–Trinajstić information content (AvgIpc) is 2.91. The van der Waals surface area contributed by atoms with Gasteiger partial charge < -0.3 is 25.4 Å². The Morgan fingerprint density at radius 3 is 2.93 bits per heavy atom. The molecule has 14 heteroatoms. The first-order chi connectivity index (χ1) is 13.3. The molecular formula is C14H19FN6O6S. The van der Waals surface area contributed by atoms with Crippen molar-refractivity contribution in [3.63, 3.8) is 0 Å². The monoisotopic (exact) mass is 418 g/mol. The summed E-state index contributed by atoms with van der Waals surface area (Å²) < 4.78 is 20.3.